The van der Waals surface area contributed by atoms with E-state index in [1.165, 1.54) is 29.9 Å². The van der Waals surface area contributed by atoms with E-state index in [9.17, 15) is 12.8 Å². The number of benzene rings is 1. The molecule has 114 valence electrons. The van der Waals surface area contributed by atoms with Crippen LogP contribution in [0.5, 0.6) is 0 Å². The molecule has 0 bridgehead atoms. The molecule has 0 aliphatic heterocycles. The highest BCUT2D eigenvalue weighted by Gasteiger charge is 2.17. The van der Waals surface area contributed by atoms with E-state index in [0.29, 0.717) is 6.54 Å². The topological polar surface area (TPSA) is 103 Å². The van der Waals surface area contributed by atoms with E-state index in [1.807, 2.05) is 0 Å². The van der Waals surface area contributed by atoms with E-state index in [2.05, 4.69) is 15.0 Å². The first-order valence-corrected chi connectivity index (χ1v) is 7.75. The van der Waals surface area contributed by atoms with Crippen molar-refractivity contribution in [3.05, 3.63) is 41.5 Å². The van der Waals surface area contributed by atoms with Gasteiger partial charge in [-0.25, -0.2) is 17.5 Å². The maximum Gasteiger partial charge on any atom is 0.240 e. The first-order chi connectivity index (χ1) is 9.94. The summed E-state index contributed by atoms with van der Waals surface area (Å²) >= 11 is 0. The SMILES string of the molecule is Cc1cc(S(=O)(=O)NCCn2ccnn2)cc(CN)c1F. The molecule has 2 aromatic rings. The van der Waals surface area contributed by atoms with Gasteiger partial charge in [-0.2, -0.15) is 0 Å². The zero-order chi connectivity index (χ0) is 15.5. The number of halogens is 1. The Labute approximate surface area is 122 Å². The molecule has 0 atom stereocenters. The van der Waals surface area contributed by atoms with Gasteiger partial charge in [-0.05, 0) is 24.6 Å². The Kier molecular flexibility index (Phi) is 4.66. The highest BCUT2D eigenvalue weighted by molar-refractivity contribution is 7.89. The van der Waals surface area contributed by atoms with Crippen molar-refractivity contribution in [2.45, 2.75) is 24.9 Å². The van der Waals surface area contributed by atoms with Crippen molar-refractivity contribution in [1.82, 2.24) is 19.7 Å². The first kappa shape index (κ1) is 15.5. The Morgan fingerprint density at radius 3 is 2.81 bits per heavy atom. The third-order valence-electron chi connectivity index (χ3n) is 2.94. The molecule has 0 amide bonds. The predicted octanol–water partition coefficient (Wildman–Crippen LogP) is 0.163. The summed E-state index contributed by atoms with van der Waals surface area (Å²) in [6.07, 6.45) is 3.13. The van der Waals surface area contributed by atoms with E-state index in [1.54, 1.807) is 6.20 Å². The number of aryl methyl sites for hydroxylation is 1. The van der Waals surface area contributed by atoms with Crippen LogP contribution in [0.25, 0.3) is 0 Å². The summed E-state index contributed by atoms with van der Waals surface area (Å²) in [5, 5.41) is 7.35. The van der Waals surface area contributed by atoms with Crippen molar-refractivity contribution < 1.29 is 12.8 Å². The quantitative estimate of drug-likeness (QED) is 0.791. The molecule has 1 heterocycles. The lowest BCUT2D eigenvalue weighted by Crippen LogP contribution is -2.28. The van der Waals surface area contributed by atoms with Crippen molar-refractivity contribution >= 4 is 10.0 Å². The summed E-state index contributed by atoms with van der Waals surface area (Å²) in [6, 6.07) is 2.53. The second-order valence-corrected chi connectivity index (χ2v) is 6.25. The number of rotatable bonds is 6. The minimum absolute atomic E-state index is 0.000408. The molecule has 1 aromatic heterocycles. The van der Waals surface area contributed by atoms with Crippen LogP contribution < -0.4 is 10.5 Å². The summed E-state index contributed by atoms with van der Waals surface area (Å²) in [7, 11) is -3.72. The van der Waals surface area contributed by atoms with E-state index in [4.69, 9.17) is 5.73 Å². The van der Waals surface area contributed by atoms with Gasteiger partial charge in [0, 0.05) is 24.8 Å². The van der Waals surface area contributed by atoms with E-state index >= 15 is 0 Å². The van der Waals surface area contributed by atoms with Gasteiger partial charge in [0.15, 0.2) is 0 Å². The van der Waals surface area contributed by atoms with Crippen molar-refractivity contribution in [3.63, 3.8) is 0 Å². The third kappa shape index (κ3) is 3.63. The van der Waals surface area contributed by atoms with Gasteiger partial charge < -0.3 is 5.73 Å². The molecule has 0 aliphatic carbocycles. The monoisotopic (exact) mass is 313 g/mol. The van der Waals surface area contributed by atoms with E-state index in [0.717, 1.165) is 0 Å². The average molecular weight is 313 g/mol. The number of nitrogens with zero attached hydrogens (tertiary/aromatic N) is 3. The fourth-order valence-electron chi connectivity index (χ4n) is 1.84. The number of hydrogen-bond donors (Lipinski definition) is 2. The van der Waals surface area contributed by atoms with Gasteiger partial charge >= 0.3 is 0 Å². The van der Waals surface area contributed by atoms with Gasteiger partial charge in [0.05, 0.1) is 17.6 Å². The maximum atomic E-state index is 13.7. The lowest BCUT2D eigenvalue weighted by atomic mass is 10.1. The Hall–Kier alpha value is -1.84. The van der Waals surface area contributed by atoms with Crippen LogP contribution in [0.1, 0.15) is 11.1 Å². The van der Waals surface area contributed by atoms with Crippen LogP contribution in [0.2, 0.25) is 0 Å². The maximum absolute atomic E-state index is 13.7. The molecule has 0 aliphatic rings. The summed E-state index contributed by atoms with van der Waals surface area (Å²) < 4.78 is 42.0. The highest BCUT2D eigenvalue weighted by atomic mass is 32.2. The fraction of sp³-hybridized carbons (Fsp3) is 0.333. The molecule has 3 N–H and O–H groups in total. The van der Waals surface area contributed by atoms with Gasteiger partial charge in [0.1, 0.15) is 5.82 Å². The molecule has 1 aromatic carbocycles. The molecular formula is C12H16FN5O2S. The number of aromatic nitrogens is 3. The number of hydrogen-bond acceptors (Lipinski definition) is 5. The van der Waals surface area contributed by atoms with Crippen LogP contribution in [0.15, 0.2) is 29.4 Å². The van der Waals surface area contributed by atoms with Crippen LogP contribution in [-0.4, -0.2) is 30.0 Å². The summed E-state index contributed by atoms with van der Waals surface area (Å²) in [4.78, 5) is 0.000408. The zero-order valence-corrected chi connectivity index (χ0v) is 12.3. The highest BCUT2D eigenvalue weighted by Crippen LogP contribution is 2.18. The molecule has 0 saturated heterocycles. The fourth-order valence-corrected chi connectivity index (χ4v) is 3.00. The molecule has 0 saturated carbocycles. The molecule has 0 radical (unpaired) electrons. The van der Waals surface area contributed by atoms with Crippen LogP contribution in [0, 0.1) is 12.7 Å². The van der Waals surface area contributed by atoms with Gasteiger partial charge in [-0.15, -0.1) is 5.10 Å². The molecule has 9 heteroatoms. The van der Waals surface area contributed by atoms with E-state index < -0.39 is 15.8 Å². The normalized spacial score (nSPS) is 11.8. The Balaban J connectivity index is 2.13. The van der Waals surface area contributed by atoms with Crippen LogP contribution >= 0.6 is 0 Å². The van der Waals surface area contributed by atoms with Crippen molar-refractivity contribution in [2.75, 3.05) is 6.54 Å². The smallest absolute Gasteiger partial charge is 0.240 e. The largest absolute Gasteiger partial charge is 0.326 e. The Morgan fingerprint density at radius 2 is 2.19 bits per heavy atom. The second kappa shape index (κ2) is 6.29. The zero-order valence-electron chi connectivity index (χ0n) is 11.5. The Bertz CT molecular complexity index is 715. The van der Waals surface area contributed by atoms with Crippen LogP contribution in [0.4, 0.5) is 4.39 Å². The van der Waals surface area contributed by atoms with Gasteiger partial charge in [-0.3, -0.25) is 4.68 Å². The summed E-state index contributed by atoms with van der Waals surface area (Å²) in [5.74, 6) is -0.473. The average Bonchev–Trinajstić information content (AvgIpc) is 2.94. The third-order valence-corrected chi connectivity index (χ3v) is 4.38. The van der Waals surface area contributed by atoms with Crippen molar-refractivity contribution in [1.29, 1.82) is 0 Å². The molecule has 7 nitrogen and oxygen atoms in total. The number of sulfonamides is 1. The lowest BCUT2D eigenvalue weighted by molar-refractivity contribution is 0.552. The minimum atomic E-state index is -3.72. The molecule has 2 rings (SSSR count). The lowest BCUT2D eigenvalue weighted by Gasteiger charge is -2.10. The van der Waals surface area contributed by atoms with Crippen molar-refractivity contribution in [2.24, 2.45) is 5.73 Å². The predicted molar refractivity (Wildman–Crippen MR) is 74.2 cm³/mol. The molecule has 0 unspecified atom stereocenters. The van der Waals surface area contributed by atoms with Gasteiger partial charge in [0.2, 0.25) is 10.0 Å². The van der Waals surface area contributed by atoms with Gasteiger partial charge in [0.25, 0.3) is 0 Å². The minimum Gasteiger partial charge on any atom is -0.326 e. The number of nitrogens with two attached hydrogens (primary N) is 1. The van der Waals surface area contributed by atoms with Crippen molar-refractivity contribution in [3.8, 4) is 0 Å². The first-order valence-electron chi connectivity index (χ1n) is 6.27. The molecular weight excluding hydrogens is 297 g/mol. The van der Waals surface area contributed by atoms with Gasteiger partial charge in [-0.1, -0.05) is 5.21 Å². The second-order valence-electron chi connectivity index (χ2n) is 4.48. The standard InChI is InChI=1S/C12H16FN5O2S/c1-9-6-11(7-10(8-14)12(9)13)21(19,20)16-3-5-18-4-2-15-17-18/h2,4,6-7,16H,3,5,8,14H2,1H3. The Morgan fingerprint density at radius 1 is 1.43 bits per heavy atom. The van der Waals surface area contributed by atoms with Crippen LogP contribution in [-0.2, 0) is 23.1 Å². The molecule has 0 spiro atoms. The van der Waals surface area contributed by atoms with E-state index in [-0.39, 0.29) is 29.1 Å². The molecule has 0 fully saturated rings. The van der Waals surface area contributed by atoms with Crippen LogP contribution in [0.3, 0.4) is 0 Å². The summed E-state index contributed by atoms with van der Waals surface area (Å²) in [5.41, 5.74) is 5.84. The number of nitrogens with one attached hydrogen (secondary N) is 1. The summed E-state index contributed by atoms with van der Waals surface area (Å²) in [6.45, 7) is 1.95. The molecule has 21 heavy (non-hydrogen) atoms.